The van der Waals surface area contributed by atoms with Gasteiger partial charge in [0.1, 0.15) is 0 Å². The normalized spacial score (nSPS) is 23.1. The molecule has 0 amide bonds. The quantitative estimate of drug-likeness (QED) is 0.877. The molecule has 0 aromatic heterocycles. The lowest BCUT2D eigenvalue weighted by Gasteiger charge is -2.26. The van der Waals surface area contributed by atoms with Crippen molar-refractivity contribution in [1.29, 1.82) is 0 Å². The van der Waals surface area contributed by atoms with Crippen molar-refractivity contribution in [1.82, 2.24) is 0 Å². The van der Waals surface area contributed by atoms with Crippen molar-refractivity contribution in [3.05, 3.63) is 28.2 Å². The van der Waals surface area contributed by atoms with Gasteiger partial charge in [0.2, 0.25) is 0 Å². The van der Waals surface area contributed by atoms with Gasteiger partial charge in [0.05, 0.1) is 5.92 Å². The molecule has 0 aliphatic heterocycles. The Morgan fingerprint density at radius 3 is 2.63 bits per heavy atom. The predicted octanol–water partition coefficient (Wildman–Crippen LogP) is 4.06. The van der Waals surface area contributed by atoms with Crippen molar-refractivity contribution in [3.63, 3.8) is 0 Å². The number of aliphatic carboxylic acids is 1. The smallest absolute Gasteiger partial charge is 0.306 e. The Hall–Kier alpha value is -1.03. The Morgan fingerprint density at radius 2 is 2.05 bits per heavy atom. The van der Waals surface area contributed by atoms with Crippen molar-refractivity contribution in [2.45, 2.75) is 32.6 Å². The summed E-state index contributed by atoms with van der Waals surface area (Å²) >= 11 is 3.46. The van der Waals surface area contributed by atoms with E-state index in [9.17, 15) is 4.79 Å². The number of hydrogen-bond donors (Lipinski definition) is 2. The molecule has 4 heteroatoms. The van der Waals surface area contributed by atoms with Crippen LogP contribution in [0.1, 0.15) is 31.2 Å². The van der Waals surface area contributed by atoms with E-state index in [1.807, 2.05) is 6.07 Å². The zero-order valence-corrected chi connectivity index (χ0v) is 12.7. The van der Waals surface area contributed by atoms with Gasteiger partial charge in [-0.05, 0) is 62.3 Å². The summed E-state index contributed by atoms with van der Waals surface area (Å²) in [5.41, 5.74) is 2.40. The number of carbonyl (C=O) groups is 1. The van der Waals surface area contributed by atoms with Crippen LogP contribution in [0.4, 0.5) is 5.69 Å². The number of halogens is 1. The molecular weight excluding hydrogens is 306 g/mol. The van der Waals surface area contributed by atoms with Crippen LogP contribution < -0.4 is 5.32 Å². The molecule has 1 fully saturated rings. The zero-order valence-electron chi connectivity index (χ0n) is 11.2. The summed E-state index contributed by atoms with van der Waals surface area (Å²) in [6.07, 6.45) is 3.67. The van der Waals surface area contributed by atoms with Crippen molar-refractivity contribution >= 4 is 27.6 Å². The minimum Gasteiger partial charge on any atom is -0.481 e. The molecule has 0 saturated heterocycles. The van der Waals surface area contributed by atoms with E-state index < -0.39 is 5.97 Å². The number of hydrogen-bond acceptors (Lipinski definition) is 2. The van der Waals surface area contributed by atoms with E-state index in [4.69, 9.17) is 5.11 Å². The lowest BCUT2D eigenvalue weighted by Crippen LogP contribution is -2.25. The zero-order chi connectivity index (χ0) is 13.8. The first kappa shape index (κ1) is 14.4. The summed E-state index contributed by atoms with van der Waals surface area (Å²) in [4.78, 5) is 10.9. The molecule has 2 N–H and O–H groups in total. The first-order valence-electron chi connectivity index (χ1n) is 6.79. The van der Waals surface area contributed by atoms with Gasteiger partial charge in [-0.25, -0.2) is 0 Å². The number of carboxylic acids is 1. The highest BCUT2D eigenvalue weighted by Crippen LogP contribution is 2.29. The summed E-state index contributed by atoms with van der Waals surface area (Å²) in [6.45, 7) is 3.03. The average molecular weight is 326 g/mol. The van der Waals surface area contributed by atoms with Crippen LogP contribution in [0.3, 0.4) is 0 Å². The van der Waals surface area contributed by atoms with E-state index in [0.29, 0.717) is 5.92 Å². The average Bonchev–Trinajstić information content (AvgIpc) is 2.38. The van der Waals surface area contributed by atoms with Gasteiger partial charge in [-0.15, -0.1) is 0 Å². The van der Waals surface area contributed by atoms with Crippen LogP contribution in [-0.4, -0.2) is 17.6 Å². The van der Waals surface area contributed by atoms with Crippen LogP contribution in [-0.2, 0) is 4.79 Å². The molecule has 1 aliphatic rings. The van der Waals surface area contributed by atoms with E-state index in [-0.39, 0.29) is 5.92 Å². The summed E-state index contributed by atoms with van der Waals surface area (Å²) < 4.78 is 1.09. The molecule has 0 unspecified atom stereocenters. The van der Waals surface area contributed by atoms with Crippen LogP contribution in [0.25, 0.3) is 0 Å². The molecule has 1 saturated carbocycles. The van der Waals surface area contributed by atoms with Gasteiger partial charge in [0, 0.05) is 16.7 Å². The van der Waals surface area contributed by atoms with Crippen LogP contribution in [0.5, 0.6) is 0 Å². The Morgan fingerprint density at radius 1 is 1.37 bits per heavy atom. The van der Waals surface area contributed by atoms with Crippen molar-refractivity contribution < 1.29 is 9.90 Å². The lowest BCUT2D eigenvalue weighted by atomic mass is 9.82. The van der Waals surface area contributed by atoms with Crippen LogP contribution in [0, 0.1) is 18.8 Å². The third kappa shape index (κ3) is 3.96. The SMILES string of the molecule is Cc1cc(Br)ccc1NCC1CCC(C(=O)O)CC1. The minimum atomic E-state index is -0.629. The number of anilines is 1. The van der Waals surface area contributed by atoms with Gasteiger partial charge < -0.3 is 10.4 Å². The Labute approximate surface area is 122 Å². The fraction of sp³-hybridized carbons (Fsp3) is 0.533. The molecule has 19 heavy (non-hydrogen) atoms. The fourth-order valence-electron chi connectivity index (χ4n) is 2.69. The molecule has 1 aromatic carbocycles. The summed E-state index contributed by atoms with van der Waals surface area (Å²) in [5, 5.41) is 12.5. The maximum atomic E-state index is 10.9. The highest BCUT2D eigenvalue weighted by Gasteiger charge is 2.25. The molecule has 104 valence electrons. The molecule has 0 bridgehead atoms. The molecular formula is C15H20BrNO2. The van der Waals surface area contributed by atoms with E-state index in [1.165, 1.54) is 11.3 Å². The Balaban J connectivity index is 1.82. The summed E-state index contributed by atoms with van der Waals surface area (Å²) in [5.74, 6) is -0.153. The summed E-state index contributed by atoms with van der Waals surface area (Å²) in [6, 6.07) is 6.22. The first-order chi connectivity index (χ1) is 9.06. The molecule has 0 spiro atoms. The molecule has 0 heterocycles. The number of nitrogens with one attached hydrogen (secondary N) is 1. The van der Waals surface area contributed by atoms with Crippen LogP contribution in [0.2, 0.25) is 0 Å². The third-order valence-corrected chi connectivity index (χ3v) is 4.46. The van der Waals surface area contributed by atoms with Gasteiger partial charge in [0.15, 0.2) is 0 Å². The molecule has 2 rings (SSSR count). The van der Waals surface area contributed by atoms with Crippen molar-refractivity contribution in [2.24, 2.45) is 11.8 Å². The predicted molar refractivity (Wildman–Crippen MR) is 80.5 cm³/mol. The Kier molecular flexibility index (Phi) is 4.86. The topological polar surface area (TPSA) is 49.3 Å². The van der Waals surface area contributed by atoms with Gasteiger partial charge in [-0.2, -0.15) is 0 Å². The maximum Gasteiger partial charge on any atom is 0.306 e. The fourth-order valence-corrected chi connectivity index (χ4v) is 3.17. The second-order valence-electron chi connectivity index (χ2n) is 5.40. The minimum absolute atomic E-state index is 0.120. The van der Waals surface area contributed by atoms with E-state index >= 15 is 0 Å². The Bertz CT molecular complexity index is 453. The van der Waals surface area contributed by atoms with Gasteiger partial charge in [-0.1, -0.05) is 15.9 Å². The molecule has 1 aromatic rings. The van der Waals surface area contributed by atoms with Crippen LogP contribution >= 0.6 is 15.9 Å². The van der Waals surface area contributed by atoms with Gasteiger partial charge in [0.25, 0.3) is 0 Å². The molecule has 3 nitrogen and oxygen atoms in total. The van der Waals surface area contributed by atoms with Crippen molar-refractivity contribution in [2.75, 3.05) is 11.9 Å². The van der Waals surface area contributed by atoms with E-state index in [2.05, 4.69) is 40.3 Å². The van der Waals surface area contributed by atoms with Gasteiger partial charge in [-0.3, -0.25) is 4.79 Å². The highest BCUT2D eigenvalue weighted by atomic mass is 79.9. The lowest BCUT2D eigenvalue weighted by molar-refractivity contribution is -0.143. The third-order valence-electron chi connectivity index (χ3n) is 3.97. The van der Waals surface area contributed by atoms with Crippen LogP contribution in [0.15, 0.2) is 22.7 Å². The highest BCUT2D eigenvalue weighted by molar-refractivity contribution is 9.10. The number of rotatable bonds is 4. The molecule has 0 atom stereocenters. The number of aryl methyl sites for hydroxylation is 1. The maximum absolute atomic E-state index is 10.9. The van der Waals surface area contributed by atoms with Crippen molar-refractivity contribution in [3.8, 4) is 0 Å². The molecule has 0 radical (unpaired) electrons. The second-order valence-corrected chi connectivity index (χ2v) is 6.31. The van der Waals surface area contributed by atoms with Gasteiger partial charge >= 0.3 is 5.97 Å². The van der Waals surface area contributed by atoms with E-state index in [0.717, 1.165) is 36.7 Å². The monoisotopic (exact) mass is 325 g/mol. The van der Waals surface area contributed by atoms with E-state index in [1.54, 1.807) is 0 Å². The summed E-state index contributed by atoms with van der Waals surface area (Å²) in [7, 11) is 0. The largest absolute Gasteiger partial charge is 0.481 e. The number of carboxylic acid groups (broad SMARTS) is 1. The standard InChI is InChI=1S/C15H20BrNO2/c1-10-8-13(16)6-7-14(10)17-9-11-2-4-12(5-3-11)15(18)19/h6-8,11-12,17H,2-5,9H2,1H3,(H,18,19). The second kappa shape index (κ2) is 6.42. The number of benzene rings is 1. The molecule has 1 aliphatic carbocycles. The first-order valence-corrected chi connectivity index (χ1v) is 7.58.